The SMILES string of the molecule is CCCN1CCCC(C(C)NC2CCCNC2=O)C1. The van der Waals surface area contributed by atoms with Gasteiger partial charge in [-0.15, -0.1) is 0 Å². The highest BCUT2D eigenvalue weighted by molar-refractivity contribution is 5.82. The zero-order valence-corrected chi connectivity index (χ0v) is 12.5. The van der Waals surface area contributed by atoms with Gasteiger partial charge in [0.25, 0.3) is 0 Å². The summed E-state index contributed by atoms with van der Waals surface area (Å²) in [5.41, 5.74) is 0. The van der Waals surface area contributed by atoms with Crippen LogP contribution in [0.3, 0.4) is 0 Å². The van der Waals surface area contributed by atoms with Gasteiger partial charge in [0.05, 0.1) is 6.04 Å². The van der Waals surface area contributed by atoms with Gasteiger partial charge < -0.3 is 15.5 Å². The highest BCUT2D eigenvalue weighted by Crippen LogP contribution is 2.20. The maximum atomic E-state index is 11.8. The molecule has 2 aliphatic rings. The van der Waals surface area contributed by atoms with Crippen LogP contribution in [-0.2, 0) is 4.79 Å². The summed E-state index contributed by atoms with van der Waals surface area (Å²) in [5.74, 6) is 0.884. The lowest BCUT2D eigenvalue weighted by atomic mass is 9.90. The topological polar surface area (TPSA) is 44.4 Å². The summed E-state index contributed by atoms with van der Waals surface area (Å²) in [5, 5.41) is 6.52. The van der Waals surface area contributed by atoms with Gasteiger partial charge in [-0.05, 0) is 58.0 Å². The van der Waals surface area contributed by atoms with Gasteiger partial charge in [0.1, 0.15) is 0 Å². The molecule has 2 aliphatic heterocycles. The molecule has 0 aromatic rings. The van der Waals surface area contributed by atoms with Gasteiger partial charge in [-0.3, -0.25) is 4.79 Å². The molecular weight excluding hydrogens is 238 g/mol. The van der Waals surface area contributed by atoms with Crippen molar-refractivity contribution in [2.45, 2.75) is 58.0 Å². The van der Waals surface area contributed by atoms with E-state index in [9.17, 15) is 4.79 Å². The van der Waals surface area contributed by atoms with Gasteiger partial charge in [0.15, 0.2) is 0 Å². The van der Waals surface area contributed by atoms with E-state index >= 15 is 0 Å². The molecule has 0 saturated carbocycles. The van der Waals surface area contributed by atoms with Crippen molar-refractivity contribution in [3.8, 4) is 0 Å². The first kappa shape index (κ1) is 14.8. The van der Waals surface area contributed by atoms with Crippen LogP contribution in [0.4, 0.5) is 0 Å². The minimum atomic E-state index is 0.0327. The maximum Gasteiger partial charge on any atom is 0.237 e. The van der Waals surface area contributed by atoms with Crippen LogP contribution in [0, 0.1) is 5.92 Å². The van der Waals surface area contributed by atoms with E-state index in [0.717, 1.165) is 19.4 Å². The van der Waals surface area contributed by atoms with Crippen LogP contribution in [-0.4, -0.2) is 49.1 Å². The molecular formula is C15H29N3O. The average molecular weight is 267 g/mol. The third-order valence-corrected chi connectivity index (χ3v) is 4.54. The Kier molecular flexibility index (Phi) is 5.64. The molecule has 4 heteroatoms. The summed E-state index contributed by atoms with van der Waals surface area (Å²) in [4.78, 5) is 14.4. The van der Waals surface area contributed by atoms with Crippen molar-refractivity contribution in [1.82, 2.24) is 15.5 Å². The van der Waals surface area contributed by atoms with Gasteiger partial charge in [-0.2, -0.15) is 0 Å². The predicted molar refractivity (Wildman–Crippen MR) is 78.1 cm³/mol. The Balaban J connectivity index is 1.81. The Labute approximate surface area is 117 Å². The van der Waals surface area contributed by atoms with Crippen molar-refractivity contribution in [1.29, 1.82) is 0 Å². The number of amides is 1. The second-order valence-corrected chi connectivity index (χ2v) is 6.14. The summed E-state index contributed by atoms with van der Waals surface area (Å²) in [6.45, 7) is 9.00. The Morgan fingerprint density at radius 3 is 3.00 bits per heavy atom. The molecule has 2 saturated heterocycles. The highest BCUT2D eigenvalue weighted by Gasteiger charge is 2.28. The molecule has 3 unspecified atom stereocenters. The Morgan fingerprint density at radius 2 is 2.26 bits per heavy atom. The van der Waals surface area contributed by atoms with E-state index in [1.165, 1.54) is 38.9 Å². The van der Waals surface area contributed by atoms with Gasteiger partial charge in [0.2, 0.25) is 5.91 Å². The third kappa shape index (κ3) is 4.18. The number of nitrogens with zero attached hydrogens (tertiary/aromatic N) is 1. The minimum absolute atomic E-state index is 0.0327. The fourth-order valence-corrected chi connectivity index (χ4v) is 3.40. The zero-order chi connectivity index (χ0) is 13.7. The van der Waals surface area contributed by atoms with E-state index in [4.69, 9.17) is 0 Å². The van der Waals surface area contributed by atoms with Crippen LogP contribution in [0.2, 0.25) is 0 Å². The number of hydrogen-bond donors (Lipinski definition) is 2. The van der Waals surface area contributed by atoms with Gasteiger partial charge in [-0.1, -0.05) is 6.92 Å². The molecule has 2 heterocycles. The molecule has 2 fully saturated rings. The predicted octanol–water partition coefficient (Wildman–Crippen LogP) is 1.37. The van der Waals surface area contributed by atoms with E-state index in [-0.39, 0.29) is 11.9 Å². The van der Waals surface area contributed by atoms with Crippen LogP contribution in [0.15, 0.2) is 0 Å². The molecule has 0 radical (unpaired) electrons. The molecule has 3 atom stereocenters. The summed E-state index contributed by atoms with van der Waals surface area (Å²) < 4.78 is 0. The first-order valence-electron chi connectivity index (χ1n) is 7.96. The number of carbonyl (C=O) groups excluding carboxylic acids is 1. The summed E-state index contributed by atoms with van der Waals surface area (Å²) in [7, 11) is 0. The van der Waals surface area contributed by atoms with Crippen LogP contribution in [0.5, 0.6) is 0 Å². The van der Waals surface area contributed by atoms with Crippen LogP contribution in [0.25, 0.3) is 0 Å². The molecule has 0 aromatic heterocycles. The van der Waals surface area contributed by atoms with E-state index in [0.29, 0.717) is 12.0 Å². The Bertz CT molecular complexity index is 293. The minimum Gasteiger partial charge on any atom is -0.355 e. The number of nitrogens with one attached hydrogen (secondary N) is 2. The summed E-state index contributed by atoms with van der Waals surface area (Å²) in [6.07, 6.45) is 5.92. The fourth-order valence-electron chi connectivity index (χ4n) is 3.40. The first-order valence-corrected chi connectivity index (χ1v) is 7.96. The molecule has 2 rings (SSSR count). The second kappa shape index (κ2) is 7.25. The largest absolute Gasteiger partial charge is 0.355 e. The molecule has 19 heavy (non-hydrogen) atoms. The zero-order valence-electron chi connectivity index (χ0n) is 12.5. The third-order valence-electron chi connectivity index (χ3n) is 4.54. The van der Waals surface area contributed by atoms with Gasteiger partial charge in [-0.25, -0.2) is 0 Å². The summed E-state index contributed by atoms with van der Waals surface area (Å²) in [6, 6.07) is 0.471. The van der Waals surface area contributed by atoms with Gasteiger partial charge >= 0.3 is 0 Å². The molecule has 2 N–H and O–H groups in total. The second-order valence-electron chi connectivity index (χ2n) is 6.14. The number of piperidine rings is 2. The van der Waals surface area contributed by atoms with Gasteiger partial charge in [0, 0.05) is 19.1 Å². The van der Waals surface area contributed by atoms with E-state index in [1.807, 2.05) is 0 Å². The first-order chi connectivity index (χ1) is 9.20. The molecule has 4 nitrogen and oxygen atoms in total. The molecule has 0 spiro atoms. The van der Waals surface area contributed by atoms with Crippen LogP contribution in [0.1, 0.15) is 46.0 Å². The standard InChI is InChI=1S/C15H29N3O/c1-3-9-18-10-5-6-13(11-18)12(2)17-14-7-4-8-16-15(14)19/h12-14,17H,3-11H2,1-2H3,(H,16,19). The molecule has 110 valence electrons. The van der Waals surface area contributed by atoms with E-state index < -0.39 is 0 Å². The highest BCUT2D eigenvalue weighted by atomic mass is 16.2. The molecule has 1 amide bonds. The number of hydrogen-bond acceptors (Lipinski definition) is 3. The molecule has 0 bridgehead atoms. The van der Waals surface area contributed by atoms with Crippen molar-refractivity contribution in [2.24, 2.45) is 5.92 Å². The average Bonchev–Trinajstić information content (AvgIpc) is 2.42. The van der Waals surface area contributed by atoms with Crippen LogP contribution < -0.4 is 10.6 Å². The lowest BCUT2D eigenvalue weighted by Crippen LogP contribution is -2.54. The smallest absolute Gasteiger partial charge is 0.237 e. The molecule has 0 aliphatic carbocycles. The van der Waals surface area contributed by atoms with E-state index in [1.54, 1.807) is 0 Å². The number of likely N-dealkylation sites (tertiary alicyclic amines) is 1. The lowest BCUT2D eigenvalue weighted by Gasteiger charge is -2.37. The van der Waals surface area contributed by atoms with Crippen LogP contribution >= 0.6 is 0 Å². The fraction of sp³-hybridized carbons (Fsp3) is 0.933. The lowest BCUT2D eigenvalue weighted by molar-refractivity contribution is -0.124. The van der Waals surface area contributed by atoms with Crippen molar-refractivity contribution in [2.75, 3.05) is 26.2 Å². The van der Waals surface area contributed by atoms with E-state index in [2.05, 4.69) is 29.4 Å². The Morgan fingerprint density at radius 1 is 1.42 bits per heavy atom. The number of carbonyl (C=O) groups is 1. The quantitative estimate of drug-likeness (QED) is 0.790. The summed E-state index contributed by atoms with van der Waals surface area (Å²) >= 11 is 0. The Hall–Kier alpha value is -0.610. The monoisotopic (exact) mass is 267 g/mol. The van der Waals surface area contributed by atoms with Crippen molar-refractivity contribution in [3.05, 3.63) is 0 Å². The van der Waals surface area contributed by atoms with Crippen molar-refractivity contribution in [3.63, 3.8) is 0 Å². The number of rotatable bonds is 5. The molecule has 0 aromatic carbocycles. The normalized spacial score (nSPS) is 30.9. The maximum absolute atomic E-state index is 11.8. The van der Waals surface area contributed by atoms with Crippen molar-refractivity contribution >= 4 is 5.91 Å². The van der Waals surface area contributed by atoms with Crippen molar-refractivity contribution < 1.29 is 4.79 Å².